The number of esters is 1. The van der Waals surface area contributed by atoms with Gasteiger partial charge in [-0.25, -0.2) is 0 Å². The first-order valence-electron chi connectivity index (χ1n) is 7.56. The minimum atomic E-state index is -0.610. The number of amides is 1. The van der Waals surface area contributed by atoms with Crippen molar-refractivity contribution in [2.24, 2.45) is 0 Å². The van der Waals surface area contributed by atoms with E-state index in [0.29, 0.717) is 5.02 Å². The number of rotatable bonds is 5. The summed E-state index contributed by atoms with van der Waals surface area (Å²) in [5.74, 6) is -0.500. The van der Waals surface area contributed by atoms with Gasteiger partial charge in [0, 0.05) is 18.1 Å². The van der Waals surface area contributed by atoms with Crippen LogP contribution in [0.2, 0.25) is 5.02 Å². The lowest BCUT2D eigenvalue weighted by Crippen LogP contribution is -2.45. The van der Waals surface area contributed by atoms with Crippen molar-refractivity contribution in [2.75, 3.05) is 13.7 Å². The van der Waals surface area contributed by atoms with E-state index in [9.17, 15) is 9.59 Å². The first-order chi connectivity index (χ1) is 10.4. The minimum Gasteiger partial charge on any atom is -0.455 e. The Bertz CT molecular complexity index is 550. The summed E-state index contributed by atoms with van der Waals surface area (Å²) >= 11 is 5.90. The van der Waals surface area contributed by atoms with Gasteiger partial charge < -0.3 is 9.64 Å². The van der Waals surface area contributed by atoms with E-state index in [0.717, 1.165) is 24.8 Å². The number of ether oxygens (including phenoxy) is 1. The van der Waals surface area contributed by atoms with E-state index in [1.54, 1.807) is 24.1 Å². The highest BCUT2D eigenvalue weighted by molar-refractivity contribution is 6.30. The Labute approximate surface area is 136 Å². The van der Waals surface area contributed by atoms with Crippen LogP contribution in [0.4, 0.5) is 0 Å². The molecule has 0 aromatic heterocycles. The van der Waals surface area contributed by atoms with Gasteiger partial charge in [-0.1, -0.05) is 30.2 Å². The number of carbonyl (C=O) groups excluding carboxylic acids is 2. The monoisotopic (exact) mass is 323 g/mol. The van der Waals surface area contributed by atoms with Crippen molar-refractivity contribution < 1.29 is 14.3 Å². The van der Waals surface area contributed by atoms with Gasteiger partial charge in [-0.15, -0.1) is 0 Å². The molecule has 120 valence electrons. The van der Waals surface area contributed by atoms with Crippen LogP contribution in [-0.4, -0.2) is 36.5 Å². The predicted octanol–water partition coefficient (Wildman–Crippen LogP) is 3.17. The normalized spacial score (nSPS) is 16.0. The molecule has 0 saturated heterocycles. The Kier molecular flexibility index (Phi) is 5.12. The lowest BCUT2D eigenvalue weighted by molar-refractivity contribution is -0.160. The average molecular weight is 324 g/mol. The van der Waals surface area contributed by atoms with E-state index in [1.165, 1.54) is 0 Å². The smallest absolute Gasteiger partial charge is 0.317 e. The van der Waals surface area contributed by atoms with Crippen molar-refractivity contribution >= 4 is 23.5 Å². The fourth-order valence-electron chi connectivity index (χ4n) is 2.57. The number of nitrogens with zero attached hydrogens (tertiary/aromatic N) is 1. The third-order valence-electron chi connectivity index (χ3n) is 4.49. The second-order valence-electron chi connectivity index (χ2n) is 6.12. The van der Waals surface area contributed by atoms with Crippen LogP contribution in [-0.2, 0) is 19.7 Å². The Balaban J connectivity index is 2.04. The van der Waals surface area contributed by atoms with Gasteiger partial charge in [-0.3, -0.25) is 9.59 Å². The molecule has 1 aromatic rings. The van der Waals surface area contributed by atoms with Gasteiger partial charge in [-0.05, 0) is 44.4 Å². The molecule has 0 N–H and O–H groups in total. The maximum Gasteiger partial charge on any atom is 0.317 e. The molecule has 1 aromatic carbocycles. The molecule has 0 spiro atoms. The lowest BCUT2D eigenvalue weighted by Gasteiger charge is -2.39. The molecule has 0 unspecified atom stereocenters. The summed E-state index contributed by atoms with van der Waals surface area (Å²) in [5.41, 5.74) is 0.305. The SMILES string of the molecule is CC(C)N(C)C(=O)COC(=O)C1(c2ccc(Cl)cc2)CCC1. The quantitative estimate of drug-likeness (QED) is 0.782. The number of halogens is 1. The summed E-state index contributed by atoms with van der Waals surface area (Å²) in [6, 6.07) is 7.37. The van der Waals surface area contributed by atoms with Gasteiger partial charge >= 0.3 is 5.97 Å². The van der Waals surface area contributed by atoms with Crippen molar-refractivity contribution in [1.82, 2.24) is 4.90 Å². The van der Waals surface area contributed by atoms with Crippen LogP contribution in [0.5, 0.6) is 0 Å². The molecule has 0 radical (unpaired) electrons. The molecule has 1 aliphatic rings. The molecule has 2 rings (SSSR count). The van der Waals surface area contributed by atoms with Gasteiger partial charge in [0.25, 0.3) is 5.91 Å². The van der Waals surface area contributed by atoms with E-state index in [4.69, 9.17) is 16.3 Å². The topological polar surface area (TPSA) is 46.6 Å². The van der Waals surface area contributed by atoms with Gasteiger partial charge in [0.15, 0.2) is 6.61 Å². The Hall–Kier alpha value is -1.55. The van der Waals surface area contributed by atoms with Crippen LogP contribution in [0.25, 0.3) is 0 Å². The molecule has 22 heavy (non-hydrogen) atoms. The molecule has 1 fully saturated rings. The van der Waals surface area contributed by atoms with Crippen molar-refractivity contribution in [2.45, 2.75) is 44.6 Å². The van der Waals surface area contributed by atoms with E-state index in [-0.39, 0.29) is 24.5 Å². The molecular weight excluding hydrogens is 302 g/mol. The van der Waals surface area contributed by atoms with Crippen LogP contribution < -0.4 is 0 Å². The zero-order chi connectivity index (χ0) is 16.3. The largest absolute Gasteiger partial charge is 0.455 e. The maximum absolute atomic E-state index is 12.5. The highest BCUT2D eigenvalue weighted by Gasteiger charge is 2.47. The van der Waals surface area contributed by atoms with Crippen LogP contribution in [0, 0.1) is 0 Å². The maximum atomic E-state index is 12.5. The first kappa shape index (κ1) is 16.8. The van der Waals surface area contributed by atoms with E-state index in [1.807, 2.05) is 26.0 Å². The lowest BCUT2D eigenvalue weighted by atomic mass is 9.64. The molecular formula is C17H22ClNO3. The molecule has 0 bridgehead atoms. The highest BCUT2D eigenvalue weighted by Crippen LogP contribution is 2.45. The standard InChI is InChI=1S/C17H22ClNO3/c1-12(2)19(3)15(20)11-22-16(21)17(9-4-10-17)13-5-7-14(18)8-6-13/h5-8,12H,4,9-11H2,1-3H3. The molecule has 1 aliphatic carbocycles. The second-order valence-corrected chi connectivity index (χ2v) is 6.55. The van der Waals surface area contributed by atoms with Gasteiger partial charge in [-0.2, -0.15) is 0 Å². The Morgan fingerprint density at radius 2 is 1.86 bits per heavy atom. The third-order valence-corrected chi connectivity index (χ3v) is 4.74. The number of hydrogen-bond acceptors (Lipinski definition) is 3. The first-order valence-corrected chi connectivity index (χ1v) is 7.93. The van der Waals surface area contributed by atoms with Crippen molar-refractivity contribution in [3.05, 3.63) is 34.9 Å². The van der Waals surface area contributed by atoms with Gasteiger partial charge in [0.2, 0.25) is 0 Å². The summed E-state index contributed by atoms with van der Waals surface area (Å²) in [4.78, 5) is 26.0. The molecule has 4 nitrogen and oxygen atoms in total. The summed E-state index contributed by atoms with van der Waals surface area (Å²) in [7, 11) is 1.71. The fraction of sp³-hybridized carbons (Fsp3) is 0.529. The van der Waals surface area contributed by atoms with Gasteiger partial charge in [0.1, 0.15) is 0 Å². The van der Waals surface area contributed by atoms with Crippen LogP contribution in [0.1, 0.15) is 38.7 Å². The Morgan fingerprint density at radius 1 is 1.27 bits per heavy atom. The van der Waals surface area contributed by atoms with Crippen LogP contribution in [0.3, 0.4) is 0 Å². The van der Waals surface area contributed by atoms with E-state index in [2.05, 4.69) is 0 Å². The summed E-state index contributed by atoms with van der Waals surface area (Å²) < 4.78 is 5.30. The number of benzene rings is 1. The van der Waals surface area contributed by atoms with Crippen molar-refractivity contribution in [3.63, 3.8) is 0 Å². The van der Waals surface area contributed by atoms with E-state index >= 15 is 0 Å². The van der Waals surface area contributed by atoms with Crippen LogP contribution in [0.15, 0.2) is 24.3 Å². The molecule has 1 saturated carbocycles. The summed E-state index contributed by atoms with van der Waals surface area (Å²) in [6.45, 7) is 3.63. The molecule has 1 amide bonds. The Morgan fingerprint density at radius 3 is 2.32 bits per heavy atom. The molecule has 0 aliphatic heterocycles. The molecule has 5 heteroatoms. The summed E-state index contributed by atoms with van der Waals surface area (Å²) in [5, 5.41) is 0.639. The third kappa shape index (κ3) is 3.27. The van der Waals surface area contributed by atoms with Crippen molar-refractivity contribution in [1.29, 1.82) is 0 Å². The predicted molar refractivity (Wildman–Crippen MR) is 85.8 cm³/mol. The van der Waals surface area contributed by atoms with Gasteiger partial charge in [0.05, 0.1) is 5.41 Å². The molecule has 0 atom stereocenters. The highest BCUT2D eigenvalue weighted by atomic mass is 35.5. The van der Waals surface area contributed by atoms with Crippen LogP contribution >= 0.6 is 11.6 Å². The zero-order valence-corrected chi connectivity index (χ0v) is 14.0. The average Bonchev–Trinajstić information content (AvgIpc) is 2.44. The number of hydrogen-bond donors (Lipinski definition) is 0. The van der Waals surface area contributed by atoms with Crippen molar-refractivity contribution in [3.8, 4) is 0 Å². The van der Waals surface area contributed by atoms with E-state index < -0.39 is 5.41 Å². The number of likely N-dealkylation sites (N-methyl/N-ethyl adjacent to an activating group) is 1. The zero-order valence-electron chi connectivity index (χ0n) is 13.3. The molecule has 0 heterocycles. The minimum absolute atomic E-state index is 0.0835. The summed E-state index contributed by atoms with van der Waals surface area (Å²) in [6.07, 6.45) is 2.49. The fourth-order valence-corrected chi connectivity index (χ4v) is 2.69. The number of carbonyl (C=O) groups is 2. The second kappa shape index (κ2) is 6.69.